The van der Waals surface area contributed by atoms with Crippen LogP contribution < -0.4 is 11.5 Å². The van der Waals surface area contributed by atoms with E-state index < -0.39 is 7.82 Å². The molecular weight excluding hydrogens is 195 g/mol. The van der Waals surface area contributed by atoms with Crippen molar-refractivity contribution in [2.24, 2.45) is 0 Å². The molecule has 0 saturated heterocycles. The fourth-order valence-corrected chi connectivity index (χ4v) is 0.511. The van der Waals surface area contributed by atoms with Crippen LogP contribution in [0.5, 0.6) is 0 Å². The Bertz CT molecular complexity index is 282. The number of nitrogens with two attached hydrogens (primary N) is 2. The fraction of sp³-hybridized carbons (Fsp3) is 0. The maximum absolute atomic E-state index is 8.88. The van der Waals surface area contributed by atoms with E-state index in [0.29, 0.717) is 11.4 Å². The number of phosphoric acid groups is 1. The molecule has 7 N–H and O–H groups in total. The smallest absolute Gasteiger partial charge is 0.397 e. The Morgan fingerprint density at radius 2 is 1.23 bits per heavy atom. The summed E-state index contributed by atoms with van der Waals surface area (Å²) in [5.41, 5.74) is 12.1. The minimum atomic E-state index is -4.64. The molecule has 0 atom stereocenters. The molecule has 0 spiro atoms. The number of hydrogen-bond acceptors (Lipinski definition) is 3. The average molecular weight is 206 g/mol. The zero-order chi connectivity index (χ0) is 10.5. The van der Waals surface area contributed by atoms with Gasteiger partial charge in [0.2, 0.25) is 0 Å². The summed E-state index contributed by atoms with van der Waals surface area (Å²) in [6, 6.07) is 7.25. The van der Waals surface area contributed by atoms with Gasteiger partial charge in [0.25, 0.3) is 0 Å². The van der Waals surface area contributed by atoms with Gasteiger partial charge in [0.15, 0.2) is 0 Å². The second-order valence-corrected chi connectivity index (χ2v) is 3.17. The first kappa shape index (κ1) is 11.9. The van der Waals surface area contributed by atoms with Crippen LogP contribution in [0.15, 0.2) is 24.3 Å². The molecule has 0 radical (unpaired) electrons. The van der Waals surface area contributed by atoms with Crippen LogP contribution in [0.4, 0.5) is 11.4 Å². The standard InChI is InChI=1S/C6H8N2.H3O4P/c7-5-3-1-2-4-6(5)8;1-5(2,3)4/h1-4H,7-8H2;(H3,1,2,3,4). The number of anilines is 2. The number of rotatable bonds is 0. The fourth-order valence-electron chi connectivity index (χ4n) is 0.511. The van der Waals surface area contributed by atoms with E-state index >= 15 is 0 Å². The van der Waals surface area contributed by atoms with Crippen LogP contribution in [0.3, 0.4) is 0 Å². The lowest BCUT2D eigenvalue weighted by Crippen LogP contribution is -1.91. The van der Waals surface area contributed by atoms with Gasteiger partial charge < -0.3 is 26.1 Å². The number of para-hydroxylation sites is 2. The van der Waals surface area contributed by atoms with Gasteiger partial charge in [-0.2, -0.15) is 0 Å². The van der Waals surface area contributed by atoms with Gasteiger partial charge in [0.1, 0.15) is 0 Å². The Morgan fingerprint density at radius 1 is 1.00 bits per heavy atom. The highest BCUT2D eigenvalue weighted by Crippen LogP contribution is 2.25. The highest BCUT2D eigenvalue weighted by Gasteiger charge is 2.00. The van der Waals surface area contributed by atoms with Crippen LogP contribution >= 0.6 is 7.82 Å². The van der Waals surface area contributed by atoms with Crippen molar-refractivity contribution < 1.29 is 19.2 Å². The lowest BCUT2D eigenvalue weighted by atomic mass is 10.3. The van der Waals surface area contributed by atoms with Crippen molar-refractivity contribution >= 4 is 19.2 Å². The quantitative estimate of drug-likeness (QED) is 0.298. The van der Waals surface area contributed by atoms with E-state index in [0.717, 1.165) is 0 Å². The third-order valence-corrected chi connectivity index (χ3v) is 0.996. The highest BCUT2D eigenvalue weighted by atomic mass is 31.2. The number of nitrogen functional groups attached to an aromatic ring is 2. The second-order valence-electron chi connectivity index (χ2n) is 2.14. The molecule has 0 saturated carbocycles. The van der Waals surface area contributed by atoms with Crippen molar-refractivity contribution in [3.63, 3.8) is 0 Å². The van der Waals surface area contributed by atoms with E-state index in [-0.39, 0.29) is 0 Å². The third-order valence-electron chi connectivity index (χ3n) is 0.996. The molecule has 0 fully saturated rings. The first-order valence-electron chi connectivity index (χ1n) is 3.19. The van der Waals surface area contributed by atoms with Gasteiger partial charge in [0.05, 0.1) is 11.4 Å². The molecule has 1 aromatic carbocycles. The zero-order valence-electron chi connectivity index (χ0n) is 6.66. The van der Waals surface area contributed by atoms with Gasteiger partial charge in [0, 0.05) is 0 Å². The van der Waals surface area contributed by atoms with Crippen LogP contribution in [-0.4, -0.2) is 14.7 Å². The van der Waals surface area contributed by atoms with E-state index in [4.69, 9.17) is 30.7 Å². The van der Waals surface area contributed by atoms with E-state index in [1.807, 2.05) is 12.1 Å². The van der Waals surface area contributed by atoms with Crippen molar-refractivity contribution in [3.05, 3.63) is 24.3 Å². The van der Waals surface area contributed by atoms with E-state index in [9.17, 15) is 0 Å². The molecule has 6 nitrogen and oxygen atoms in total. The summed E-state index contributed by atoms with van der Waals surface area (Å²) in [7, 11) is -4.64. The average Bonchev–Trinajstić information content (AvgIpc) is 1.92. The van der Waals surface area contributed by atoms with Crippen molar-refractivity contribution in [3.8, 4) is 0 Å². The number of benzene rings is 1. The van der Waals surface area contributed by atoms with Gasteiger partial charge >= 0.3 is 7.82 Å². The zero-order valence-corrected chi connectivity index (χ0v) is 7.56. The monoisotopic (exact) mass is 206 g/mol. The summed E-state index contributed by atoms with van der Waals surface area (Å²) in [6.07, 6.45) is 0. The summed E-state index contributed by atoms with van der Waals surface area (Å²) in [4.78, 5) is 21.6. The molecule has 0 amide bonds. The normalized spacial score (nSPS) is 10.1. The Hall–Kier alpha value is -1.07. The van der Waals surface area contributed by atoms with Crippen LogP contribution in [0, 0.1) is 0 Å². The SMILES string of the molecule is Nc1ccccc1N.O=P(O)(O)O. The predicted molar refractivity (Wildman–Crippen MR) is 49.5 cm³/mol. The first-order chi connectivity index (χ1) is 5.80. The minimum Gasteiger partial charge on any atom is -0.397 e. The largest absolute Gasteiger partial charge is 0.466 e. The molecule has 74 valence electrons. The molecule has 0 bridgehead atoms. The molecule has 0 aliphatic rings. The topological polar surface area (TPSA) is 130 Å². The molecule has 0 aliphatic carbocycles. The van der Waals surface area contributed by atoms with Gasteiger partial charge in [-0.25, -0.2) is 4.57 Å². The van der Waals surface area contributed by atoms with E-state index in [2.05, 4.69) is 0 Å². The lowest BCUT2D eigenvalue weighted by Gasteiger charge is -1.94. The van der Waals surface area contributed by atoms with E-state index in [1.54, 1.807) is 12.1 Å². The van der Waals surface area contributed by atoms with Crippen molar-refractivity contribution in [2.45, 2.75) is 0 Å². The second kappa shape index (κ2) is 4.84. The van der Waals surface area contributed by atoms with Crippen LogP contribution in [0.1, 0.15) is 0 Å². The summed E-state index contributed by atoms with van der Waals surface area (Å²) < 4.78 is 8.88. The molecular formula is C6H11N2O4P. The summed E-state index contributed by atoms with van der Waals surface area (Å²) >= 11 is 0. The van der Waals surface area contributed by atoms with E-state index in [1.165, 1.54) is 0 Å². The molecule has 1 aromatic rings. The highest BCUT2D eigenvalue weighted by molar-refractivity contribution is 7.45. The Kier molecular flexibility index (Phi) is 4.44. The summed E-state index contributed by atoms with van der Waals surface area (Å²) in [5, 5.41) is 0. The molecule has 1 rings (SSSR count). The van der Waals surface area contributed by atoms with Crippen LogP contribution in [0.25, 0.3) is 0 Å². The van der Waals surface area contributed by atoms with Crippen molar-refractivity contribution in [2.75, 3.05) is 11.5 Å². The third kappa shape index (κ3) is 8.84. The molecule has 0 unspecified atom stereocenters. The maximum atomic E-state index is 8.88. The van der Waals surface area contributed by atoms with Gasteiger partial charge in [-0.3, -0.25) is 0 Å². The minimum absolute atomic E-state index is 0.646. The Morgan fingerprint density at radius 3 is 1.38 bits per heavy atom. The van der Waals surface area contributed by atoms with Crippen LogP contribution in [0.2, 0.25) is 0 Å². The molecule has 13 heavy (non-hydrogen) atoms. The van der Waals surface area contributed by atoms with Gasteiger partial charge in [-0.15, -0.1) is 0 Å². The predicted octanol–water partition coefficient (Wildman–Crippen LogP) is -0.0776. The first-order valence-corrected chi connectivity index (χ1v) is 4.75. The molecule has 0 aliphatic heterocycles. The molecule has 0 aromatic heterocycles. The summed E-state index contributed by atoms with van der Waals surface area (Å²) in [5.74, 6) is 0. The van der Waals surface area contributed by atoms with Crippen LogP contribution in [-0.2, 0) is 4.57 Å². The summed E-state index contributed by atoms with van der Waals surface area (Å²) in [6.45, 7) is 0. The van der Waals surface area contributed by atoms with Gasteiger partial charge in [-0.1, -0.05) is 12.1 Å². The molecule has 0 heterocycles. The Balaban J connectivity index is 0.000000252. The maximum Gasteiger partial charge on any atom is 0.466 e. The van der Waals surface area contributed by atoms with Crippen molar-refractivity contribution in [1.29, 1.82) is 0 Å². The van der Waals surface area contributed by atoms with Gasteiger partial charge in [-0.05, 0) is 12.1 Å². The lowest BCUT2D eigenvalue weighted by molar-refractivity contribution is 0.275. The Labute approximate surface area is 75.0 Å². The van der Waals surface area contributed by atoms with Crippen molar-refractivity contribution in [1.82, 2.24) is 0 Å². The molecule has 7 heteroatoms. The number of hydrogen-bond donors (Lipinski definition) is 5.